The molecule has 1 heterocycles. The first-order chi connectivity index (χ1) is 11.0. The molecule has 0 amide bonds. The van der Waals surface area contributed by atoms with Crippen molar-refractivity contribution in [3.63, 3.8) is 0 Å². The van der Waals surface area contributed by atoms with Crippen molar-refractivity contribution in [1.82, 2.24) is 9.97 Å². The number of carbonyl (C=O) groups is 2. The molecular formula is C16H16N2O5. The summed E-state index contributed by atoms with van der Waals surface area (Å²) in [5.41, 5.74) is 0.392. The van der Waals surface area contributed by atoms with Gasteiger partial charge in [0.1, 0.15) is 12.2 Å². The summed E-state index contributed by atoms with van der Waals surface area (Å²) in [7, 11) is 1.47. The van der Waals surface area contributed by atoms with Gasteiger partial charge in [0.15, 0.2) is 11.5 Å². The van der Waals surface area contributed by atoms with Gasteiger partial charge in [-0.25, -0.2) is 19.6 Å². The Morgan fingerprint density at radius 2 is 1.83 bits per heavy atom. The van der Waals surface area contributed by atoms with Crippen molar-refractivity contribution in [3.8, 4) is 11.4 Å². The first-order valence-corrected chi connectivity index (χ1v) is 6.88. The van der Waals surface area contributed by atoms with Crippen LogP contribution in [0.3, 0.4) is 0 Å². The third kappa shape index (κ3) is 3.89. The number of aryl methyl sites for hydroxylation is 1. The van der Waals surface area contributed by atoms with Crippen LogP contribution in [-0.2, 0) is 9.47 Å². The van der Waals surface area contributed by atoms with Gasteiger partial charge in [0.2, 0.25) is 0 Å². The molecule has 0 saturated heterocycles. The maximum atomic E-state index is 12.1. The number of benzene rings is 1. The third-order valence-corrected chi connectivity index (χ3v) is 3.05. The minimum Gasteiger partial charge on any atom is -0.476 e. The number of rotatable bonds is 6. The molecule has 120 valence electrons. The Labute approximate surface area is 132 Å². The topological polar surface area (TPSA) is 98.6 Å². The molecule has 1 aromatic carbocycles. The highest BCUT2D eigenvalue weighted by Crippen LogP contribution is 2.20. The Bertz CT molecular complexity index is 716. The normalized spacial score (nSPS) is 10.3. The second kappa shape index (κ2) is 7.46. The van der Waals surface area contributed by atoms with Crippen molar-refractivity contribution in [2.75, 3.05) is 20.3 Å². The van der Waals surface area contributed by atoms with Gasteiger partial charge in [0.05, 0.1) is 12.3 Å². The molecule has 1 N–H and O–H groups in total. The number of carbonyl (C=O) groups excluding carboxylic acids is 1. The summed E-state index contributed by atoms with van der Waals surface area (Å²) in [6, 6.07) is 8.94. The van der Waals surface area contributed by atoms with Crippen molar-refractivity contribution in [2.45, 2.75) is 6.92 Å². The maximum absolute atomic E-state index is 12.1. The predicted molar refractivity (Wildman–Crippen MR) is 81.3 cm³/mol. The second-order valence-corrected chi connectivity index (χ2v) is 4.66. The Kier molecular flexibility index (Phi) is 5.37. The maximum Gasteiger partial charge on any atom is 0.355 e. The molecular weight excluding hydrogens is 300 g/mol. The fourth-order valence-corrected chi connectivity index (χ4v) is 1.98. The molecule has 0 aliphatic rings. The van der Waals surface area contributed by atoms with Gasteiger partial charge in [-0.3, -0.25) is 0 Å². The molecule has 0 radical (unpaired) electrons. The summed E-state index contributed by atoms with van der Waals surface area (Å²) < 4.78 is 9.77. The number of ether oxygens (including phenoxy) is 2. The van der Waals surface area contributed by atoms with E-state index >= 15 is 0 Å². The Morgan fingerprint density at radius 3 is 2.43 bits per heavy atom. The lowest BCUT2D eigenvalue weighted by molar-refractivity contribution is 0.0379. The number of hydrogen-bond donors (Lipinski definition) is 1. The van der Waals surface area contributed by atoms with Crippen LogP contribution in [0.4, 0.5) is 0 Å². The molecule has 0 spiro atoms. The van der Waals surface area contributed by atoms with E-state index in [1.54, 1.807) is 31.2 Å². The molecule has 23 heavy (non-hydrogen) atoms. The lowest BCUT2D eigenvalue weighted by atomic mass is 10.1. The predicted octanol–water partition coefficient (Wildman–Crippen LogP) is 1.95. The average molecular weight is 316 g/mol. The Balaban J connectivity index is 2.43. The number of aromatic carboxylic acids is 1. The zero-order valence-electron chi connectivity index (χ0n) is 12.8. The molecule has 7 heteroatoms. The lowest BCUT2D eigenvalue weighted by Gasteiger charge is -2.10. The van der Waals surface area contributed by atoms with Crippen molar-refractivity contribution >= 4 is 11.9 Å². The smallest absolute Gasteiger partial charge is 0.355 e. The number of hydrogen-bond acceptors (Lipinski definition) is 6. The molecule has 0 aliphatic heterocycles. The van der Waals surface area contributed by atoms with Gasteiger partial charge in [-0.2, -0.15) is 0 Å². The highest BCUT2D eigenvalue weighted by Gasteiger charge is 2.24. The quantitative estimate of drug-likeness (QED) is 0.642. The summed E-state index contributed by atoms with van der Waals surface area (Å²) in [5, 5.41) is 9.36. The third-order valence-electron chi connectivity index (χ3n) is 3.05. The van der Waals surface area contributed by atoms with Crippen molar-refractivity contribution in [2.24, 2.45) is 0 Å². The number of methoxy groups -OCH3 is 1. The molecule has 2 rings (SSSR count). The number of esters is 1. The molecule has 2 aromatic rings. The lowest BCUT2D eigenvalue weighted by Crippen LogP contribution is -2.19. The van der Waals surface area contributed by atoms with Gasteiger partial charge in [-0.1, -0.05) is 30.3 Å². The zero-order chi connectivity index (χ0) is 16.8. The summed E-state index contributed by atoms with van der Waals surface area (Å²) >= 11 is 0. The van der Waals surface area contributed by atoms with Gasteiger partial charge >= 0.3 is 11.9 Å². The fraction of sp³-hybridized carbons (Fsp3) is 0.250. The van der Waals surface area contributed by atoms with E-state index in [0.717, 1.165) is 0 Å². The van der Waals surface area contributed by atoms with E-state index in [0.29, 0.717) is 5.56 Å². The van der Waals surface area contributed by atoms with Crippen molar-refractivity contribution < 1.29 is 24.2 Å². The first kappa shape index (κ1) is 16.6. The van der Waals surface area contributed by atoms with Crippen LogP contribution in [0.5, 0.6) is 0 Å². The summed E-state index contributed by atoms with van der Waals surface area (Å²) in [5.74, 6) is -1.85. The molecule has 0 fully saturated rings. The molecule has 0 aliphatic carbocycles. The molecule has 0 saturated carbocycles. The van der Waals surface area contributed by atoms with Crippen LogP contribution < -0.4 is 0 Å². The van der Waals surface area contributed by atoms with Gasteiger partial charge in [0, 0.05) is 12.7 Å². The largest absolute Gasteiger partial charge is 0.476 e. The van der Waals surface area contributed by atoms with E-state index in [1.807, 2.05) is 6.07 Å². The van der Waals surface area contributed by atoms with Gasteiger partial charge in [-0.05, 0) is 6.92 Å². The Hall–Kier alpha value is -2.80. The van der Waals surface area contributed by atoms with E-state index in [4.69, 9.17) is 9.47 Å². The standard InChI is InChI=1S/C16H16N2O5/c1-10-12(16(21)23-9-8-22-2)13(15(19)20)18-14(17-10)11-6-4-3-5-7-11/h3-7H,8-9H2,1-2H3,(H,19,20). The number of carboxylic acids is 1. The highest BCUT2D eigenvalue weighted by molar-refractivity contribution is 6.02. The minimum absolute atomic E-state index is 0.0221. The number of aromatic nitrogens is 2. The number of nitrogens with zero attached hydrogens (tertiary/aromatic N) is 2. The van der Waals surface area contributed by atoms with Crippen LogP contribution in [-0.4, -0.2) is 47.3 Å². The monoisotopic (exact) mass is 316 g/mol. The van der Waals surface area contributed by atoms with Crippen molar-refractivity contribution in [3.05, 3.63) is 47.3 Å². The van der Waals surface area contributed by atoms with Gasteiger partial charge < -0.3 is 14.6 Å². The van der Waals surface area contributed by atoms with Crippen LogP contribution in [0, 0.1) is 6.92 Å². The van der Waals surface area contributed by atoms with E-state index in [9.17, 15) is 14.7 Å². The van der Waals surface area contributed by atoms with E-state index in [2.05, 4.69) is 9.97 Å². The SMILES string of the molecule is COCCOC(=O)c1c(C)nc(-c2ccccc2)nc1C(=O)O. The van der Waals surface area contributed by atoms with Crippen LogP contribution in [0.2, 0.25) is 0 Å². The van der Waals surface area contributed by atoms with Crippen LogP contribution >= 0.6 is 0 Å². The van der Waals surface area contributed by atoms with E-state index in [-0.39, 0.29) is 36.0 Å². The average Bonchev–Trinajstić information content (AvgIpc) is 2.54. The summed E-state index contributed by atoms with van der Waals surface area (Å²) in [6.07, 6.45) is 0. The molecule has 0 bridgehead atoms. The number of carboxylic acid groups (broad SMARTS) is 1. The molecule has 0 atom stereocenters. The van der Waals surface area contributed by atoms with Crippen LogP contribution in [0.1, 0.15) is 26.5 Å². The van der Waals surface area contributed by atoms with Gasteiger partial charge in [-0.15, -0.1) is 0 Å². The van der Waals surface area contributed by atoms with Crippen molar-refractivity contribution in [1.29, 1.82) is 0 Å². The molecule has 0 unspecified atom stereocenters. The zero-order valence-corrected chi connectivity index (χ0v) is 12.8. The minimum atomic E-state index is -1.31. The van der Waals surface area contributed by atoms with Gasteiger partial charge in [0.25, 0.3) is 0 Å². The van der Waals surface area contributed by atoms with Crippen LogP contribution in [0.15, 0.2) is 30.3 Å². The highest BCUT2D eigenvalue weighted by atomic mass is 16.6. The second-order valence-electron chi connectivity index (χ2n) is 4.66. The molecule has 7 nitrogen and oxygen atoms in total. The summed E-state index contributed by atoms with van der Waals surface area (Å²) in [6.45, 7) is 1.79. The summed E-state index contributed by atoms with van der Waals surface area (Å²) in [4.78, 5) is 31.8. The first-order valence-electron chi connectivity index (χ1n) is 6.88. The van der Waals surface area contributed by atoms with E-state index in [1.165, 1.54) is 7.11 Å². The van der Waals surface area contributed by atoms with Crippen LogP contribution in [0.25, 0.3) is 11.4 Å². The fourth-order valence-electron chi connectivity index (χ4n) is 1.98. The van der Waals surface area contributed by atoms with E-state index < -0.39 is 11.9 Å². The Morgan fingerprint density at radius 1 is 1.13 bits per heavy atom. The molecule has 1 aromatic heterocycles.